The van der Waals surface area contributed by atoms with Crippen molar-refractivity contribution < 1.29 is 14.6 Å². The van der Waals surface area contributed by atoms with Crippen LogP contribution in [0.25, 0.3) is 10.9 Å². The van der Waals surface area contributed by atoms with Crippen LogP contribution in [0.1, 0.15) is 65.3 Å². The van der Waals surface area contributed by atoms with Gasteiger partial charge < -0.3 is 9.84 Å². The zero-order valence-electron chi connectivity index (χ0n) is 20.4. The molecule has 0 unspecified atom stereocenters. The minimum Gasteiger partial charge on any atom is -0.488 e. The molecule has 9 heteroatoms. The maximum absolute atomic E-state index is 13.5. The van der Waals surface area contributed by atoms with Gasteiger partial charge in [-0.3, -0.25) is 4.79 Å². The Hall–Kier alpha value is -3.05. The van der Waals surface area contributed by atoms with Crippen molar-refractivity contribution in [3.8, 4) is 5.75 Å². The number of hydrogen-bond donors (Lipinski definition) is 1. The molecule has 0 radical (unpaired) electrons. The molecule has 0 amide bonds. The van der Waals surface area contributed by atoms with Gasteiger partial charge in [0.1, 0.15) is 18.2 Å². The van der Waals surface area contributed by atoms with Crippen LogP contribution < -0.4 is 10.3 Å². The predicted molar refractivity (Wildman–Crippen MR) is 159 cm³/mol. The smallest absolute Gasteiger partial charge is 0.335 e. The van der Waals surface area contributed by atoms with Crippen LogP contribution in [-0.2, 0) is 6.61 Å². The van der Waals surface area contributed by atoms with E-state index in [4.69, 9.17) is 14.8 Å². The van der Waals surface area contributed by atoms with Gasteiger partial charge in [0.15, 0.2) is 0 Å². The third-order valence-electron chi connectivity index (χ3n) is 6.68. The first-order chi connectivity index (χ1) is 18.4. The Morgan fingerprint density at radius 1 is 1.11 bits per heavy atom. The van der Waals surface area contributed by atoms with Gasteiger partial charge in [0.25, 0.3) is 5.56 Å². The Labute approximate surface area is 241 Å². The number of benzene rings is 3. The van der Waals surface area contributed by atoms with Gasteiger partial charge in [0, 0.05) is 10.4 Å². The monoisotopic (exact) mass is 685 g/mol. The second-order valence-electron chi connectivity index (χ2n) is 9.31. The number of fused-ring (bicyclic) bond motifs is 1. The zero-order valence-corrected chi connectivity index (χ0v) is 24.2. The molecule has 7 nitrogen and oxygen atoms in total. The molecule has 1 aliphatic rings. The van der Waals surface area contributed by atoms with Crippen molar-refractivity contribution in [1.82, 2.24) is 9.66 Å². The van der Waals surface area contributed by atoms with E-state index in [0.717, 1.165) is 50.7 Å². The van der Waals surface area contributed by atoms with Crippen LogP contribution in [0.3, 0.4) is 0 Å². The highest BCUT2D eigenvalue weighted by Crippen LogP contribution is 2.32. The first kappa shape index (κ1) is 26.6. The molecule has 1 saturated carbocycles. The lowest BCUT2D eigenvalue weighted by Gasteiger charge is -2.22. The molecule has 38 heavy (non-hydrogen) atoms. The third-order valence-corrected chi connectivity index (χ3v) is 8.01. The number of carboxylic acid groups (broad SMARTS) is 1. The highest BCUT2D eigenvalue weighted by Gasteiger charge is 2.22. The molecular weight excluding hydrogens is 661 g/mol. The molecule has 5 rings (SSSR count). The predicted octanol–water partition coefficient (Wildman–Crippen LogP) is 6.97. The number of nitrogens with zero attached hydrogens (tertiary/aromatic N) is 3. The Morgan fingerprint density at radius 3 is 2.58 bits per heavy atom. The number of hydrogen-bond acceptors (Lipinski definition) is 5. The summed E-state index contributed by atoms with van der Waals surface area (Å²) < 4.78 is 9.15. The first-order valence-electron chi connectivity index (χ1n) is 12.4. The Kier molecular flexibility index (Phi) is 8.23. The van der Waals surface area contributed by atoms with Gasteiger partial charge in [0.05, 0.1) is 26.3 Å². The molecule has 4 aromatic rings. The van der Waals surface area contributed by atoms with Crippen molar-refractivity contribution in [2.75, 3.05) is 0 Å². The lowest BCUT2D eigenvalue weighted by Crippen LogP contribution is -2.25. The Morgan fingerprint density at radius 2 is 1.87 bits per heavy atom. The molecule has 3 aromatic carbocycles. The molecule has 0 atom stereocenters. The summed E-state index contributed by atoms with van der Waals surface area (Å²) in [5.74, 6) is 0.693. The van der Waals surface area contributed by atoms with Crippen LogP contribution in [-0.4, -0.2) is 27.0 Å². The van der Waals surface area contributed by atoms with Gasteiger partial charge in [-0.15, -0.1) is 0 Å². The van der Waals surface area contributed by atoms with E-state index in [2.05, 4.69) is 43.6 Å². The van der Waals surface area contributed by atoms with Crippen LogP contribution in [0, 0.1) is 3.57 Å². The number of aromatic carboxylic acids is 1. The van der Waals surface area contributed by atoms with E-state index in [1.807, 2.05) is 30.3 Å². The van der Waals surface area contributed by atoms with Gasteiger partial charge in [-0.25, -0.2) is 9.78 Å². The standard InChI is InChI=1S/C29H25BrIN3O4/c30-22-11-12-25-23(15-22)28(35)34(27(33-25)20-4-2-1-3-5-20)32-16-19-8-13-26(24(31)14-19)38-17-18-6-9-21(10-7-18)29(36)37/h6-16,20H,1-5,17H2,(H,36,37). The van der Waals surface area contributed by atoms with Crippen molar-refractivity contribution in [3.63, 3.8) is 0 Å². The minimum absolute atomic E-state index is 0.170. The van der Waals surface area contributed by atoms with E-state index in [9.17, 15) is 9.59 Å². The molecule has 1 aliphatic carbocycles. The molecule has 0 saturated heterocycles. The Bertz CT molecular complexity index is 1580. The third kappa shape index (κ3) is 5.99. The van der Waals surface area contributed by atoms with Crippen molar-refractivity contribution in [2.24, 2.45) is 5.10 Å². The van der Waals surface area contributed by atoms with E-state index >= 15 is 0 Å². The van der Waals surface area contributed by atoms with Gasteiger partial charge in [-0.05, 0) is 95.1 Å². The number of carbonyl (C=O) groups is 1. The van der Waals surface area contributed by atoms with Crippen LogP contribution in [0.2, 0.25) is 0 Å². The highest BCUT2D eigenvalue weighted by atomic mass is 127. The summed E-state index contributed by atoms with van der Waals surface area (Å²) in [5.41, 5.74) is 2.48. The van der Waals surface area contributed by atoms with E-state index in [-0.39, 0.29) is 17.0 Å². The molecule has 1 fully saturated rings. The fourth-order valence-corrected chi connectivity index (χ4v) is 5.70. The maximum Gasteiger partial charge on any atom is 0.335 e. The summed E-state index contributed by atoms with van der Waals surface area (Å²) in [4.78, 5) is 29.4. The number of ether oxygens (including phenoxy) is 1. The summed E-state index contributed by atoms with van der Waals surface area (Å²) in [5, 5.41) is 14.2. The van der Waals surface area contributed by atoms with Gasteiger partial charge in [-0.1, -0.05) is 47.3 Å². The number of aromatic nitrogens is 2. The summed E-state index contributed by atoms with van der Waals surface area (Å²) in [6, 6.07) is 17.9. The van der Waals surface area contributed by atoms with Crippen molar-refractivity contribution in [3.05, 3.63) is 102 Å². The quantitative estimate of drug-likeness (QED) is 0.168. The van der Waals surface area contributed by atoms with E-state index in [1.165, 1.54) is 11.1 Å². The second kappa shape index (κ2) is 11.8. The number of carboxylic acids is 1. The molecule has 194 valence electrons. The Balaban J connectivity index is 1.39. The van der Waals surface area contributed by atoms with Crippen LogP contribution in [0.4, 0.5) is 0 Å². The number of halogens is 2. The molecule has 1 aromatic heterocycles. The molecule has 0 spiro atoms. The van der Waals surface area contributed by atoms with E-state index < -0.39 is 5.97 Å². The lowest BCUT2D eigenvalue weighted by atomic mass is 9.88. The lowest BCUT2D eigenvalue weighted by molar-refractivity contribution is 0.0697. The minimum atomic E-state index is -0.954. The summed E-state index contributed by atoms with van der Waals surface area (Å²) in [7, 11) is 0. The second-order valence-corrected chi connectivity index (χ2v) is 11.4. The zero-order chi connectivity index (χ0) is 26.6. The summed E-state index contributed by atoms with van der Waals surface area (Å²) in [6.45, 7) is 0.321. The van der Waals surface area contributed by atoms with Crippen molar-refractivity contribution in [1.29, 1.82) is 0 Å². The summed E-state index contributed by atoms with van der Waals surface area (Å²) in [6.07, 6.45) is 7.18. The molecule has 1 N–H and O–H groups in total. The summed E-state index contributed by atoms with van der Waals surface area (Å²) >= 11 is 5.67. The molecule has 0 bridgehead atoms. The average molecular weight is 686 g/mol. The van der Waals surface area contributed by atoms with Crippen molar-refractivity contribution >= 4 is 61.6 Å². The molecule has 1 heterocycles. The largest absolute Gasteiger partial charge is 0.488 e. The average Bonchev–Trinajstić information content (AvgIpc) is 2.93. The fourth-order valence-electron chi connectivity index (χ4n) is 4.65. The fraction of sp³-hybridized carbons (Fsp3) is 0.241. The SMILES string of the molecule is O=C(O)c1ccc(COc2ccc(C=Nn3c(C4CCCCC4)nc4ccc(Br)cc4c3=O)cc2I)cc1. The first-order valence-corrected chi connectivity index (χ1v) is 14.3. The topological polar surface area (TPSA) is 93.8 Å². The van der Waals surface area contributed by atoms with Gasteiger partial charge in [-0.2, -0.15) is 9.78 Å². The molecular formula is C29H25BrIN3O4. The van der Waals surface area contributed by atoms with Crippen LogP contribution in [0.15, 0.2) is 75.0 Å². The number of rotatable bonds is 7. The van der Waals surface area contributed by atoms with Crippen molar-refractivity contribution in [2.45, 2.75) is 44.6 Å². The van der Waals surface area contributed by atoms with Crippen LogP contribution in [0.5, 0.6) is 5.75 Å². The maximum atomic E-state index is 13.5. The molecule has 0 aliphatic heterocycles. The highest BCUT2D eigenvalue weighted by molar-refractivity contribution is 14.1. The van der Waals surface area contributed by atoms with Crippen LogP contribution >= 0.6 is 38.5 Å². The van der Waals surface area contributed by atoms with Gasteiger partial charge >= 0.3 is 5.97 Å². The normalized spacial score (nSPS) is 14.3. The van der Waals surface area contributed by atoms with E-state index in [0.29, 0.717) is 23.3 Å². The van der Waals surface area contributed by atoms with E-state index in [1.54, 1.807) is 36.5 Å². The van der Waals surface area contributed by atoms with Gasteiger partial charge in [0.2, 0.25) is 0 Å².